The van der Waals surface area contributed by atoms with Gasteiger partial charge in [0.05, 0.1) is 19.5 Å². The minimum absolute atomic E-state index is 0.110. The molecule has 0 saturated carbocycles. The van der Waals surface area contributed by atoms with E-state index in [1.807, 2.05) is 34.6 Å². The summed E-state index contributed by atoms with van der Waals surface area (Å²) in [6.07, 6.45) is 0.167. The molecule has 8 nitrogen and oxygen atoms in total. The molecule has 0 aliphatic carbocycles. The first-order valence-electron chi connectivity index (χ1n) is 6.90. The lowest BCUT2D eigenvalue weighted by molar-refractivity contribution is -0.176. The van der Waals surface area contributed by atoms with Gasteiger partial charge in [-0.15, -0.1) is 0 Å². The van der Waals surface area contributed by atoms with Crippen LogP contribution in [0, 0.1) is 0 Å². The van der Waals surface area contributed by atoms with Crippen LogP contribution < -0.4 is 0 Å². The highest BCUT2D eigenvalue weighted by atomic mass is 32.2. The van der Waals surface area contributed by atoms with Crippen molar-refractivity contribution in [2.45, 2.75) is 64.0 Å². The fourth-order valence-electron chi connectivity index (χ4n) is 2.53. The molecule has 2 N–H and O–H groups in total. The van der Waals surface area contributed by atoms with E-state index in [1.165, 1.54) is 0 Å². The van der Waals surface area contributed by atoms with Crippen LogP contribution in [-0.2, 0) is 29.1 Å². The topological polar surface area (TPSA) is 112 Å². The highest BCUT2D eigenvalue weighted by Crippen LogP contribution is 2.41. The summed E-state index contributed by atoms with van der Waals surface area (Å²) in [5.41, 5.74) is -0.752. The molecule has 0 radical (unpaired) electrons. The Morgan fingerprint density at radius 2 is 1.59 bits per heavy atom. The van der Waals surface area contributed by atoms with Gasteiger partial charge in [0.2, 0.25) is 0 Å². The fraction of sp³-hybridized carbons (Fsp3) is 1.00. The third kappa shape index (κ3) is 5.73. The van der Waals surface area contributed by atoms with Crippen molar-refractivity contribution in [2.24, 2.45) is 0 Å². The number of hydrogen-bond acceptors (Lipinski definition) is 7. The van der Waals surface area contributed by atoms with Gasteiger partial charge in [-0.2, -0.15) is 8.42 Å². The molecule has 0 aromatic rings. The molecule has 2 rings (SSSR count). The summed E-state index contributed by atoms with van der Waals surface area (Å²) >= 11 is 0. The predicted molar refractivity (Wildman–Crippen MR) is 77.9 cm³/mol. The zero-order valence-electron chi connectivity index (χ0n) is 13.8. The van der Waals surface area contributed by atoms with Crippen molar-refractivity contribution in [3.05, 3.63) is 0 Å². The quantitative estimate of drug-likeness (QED) is 0.700. The third-order valence-corrected chi connectivity index (χ3v) is 3.17. The standard InChI is InChI=1S/C12H22O5.CH4O3S/c1-10(2)14-6-8(15-10)9-12(5,7-13)17-11(3,4)16-9;1-5(2,3)4/h8-9,13H,6-7H2,1-5H3;1H3,(H,2,3,4)/t8-,9?,12+;/m0./s1. The van der Waals surface area contributed by atoms with E-state index < -0.39 is 27.3 Å². The van der Waals surface area contributed by atoms with Crippen molar-refractivity contribution in [3.63, 3.8) is 0 Å². The van der Waals surface area contributed by atoms with E-state index in [9.17, 15) is 13.5 Å². The fourth-order valence-corrected chi connectivity index (χ4v) is 2.53. The SMILES string of the molecule is CC1(C)OC[C@@H](C2OC(C)(C)O[C@]2(C)CO)O1.CS(=O)(=O)O. The zero-order valence-corrected chi connectivity index (χ0v) is 14.6. The van der Waals surface area contributed by atoms with Gasteiger partial charge >= 0.3 is 0 Å². The van der Waals surface area contributed by atoms with Crippen molar-refractivity contribution in [1.29, 1.82) is 0 Å². The van der Waals surface area contributed by atoms with Crippen LogP contribution in [0.25, 0.3) is 0 Å². The molecule has 2 saturated heterocycles. The Morgan fingerprint density at radius 1 is 1.09 bits per heavy atom. The number of aliphatic hydroxyl groups excluding tert-OH is 1. The van der Waals surface area contributed by atoms with Gasteiger partial charge in [-0.25, -0.2) is 0 Å². The molecule has 2 aliphatic heterocycles. The summed E-state index contributed by atoms with van der Waals surface area (Å²) in [7, 11) is -3.67. The van der Waals surface area contributed by atoms with Gasteiger partial charge in [0.25, 0.3) is 10.1 Å². The monoisotopic (exact) mass is 342 g/mol. The van der Waals surface area contributed by atoms with Crippen LogP contribution >= 0.6 is 0 Å². The third-order valence-electron chi connectivity index (χ3n) is 3.17. The van der Waals surface area contributed by atoms with E-state index in [0.29, 0.717) is 12.9 Å². The first-order valence-corrected chi connectivity index (χ1v) is 8.75. The van der Waals surface area contributed by atoms with E-state index in [2.05, 4.69) is 0 Å². The van der Waals surface area contributed by atoms with Crippen molar-refractivity contribution in [3.8, 4) is 0 Å². The van der Waals surface area contributed by atoms with Crippen molar-refractivity contribution < 1.29 is 37.0 Å². The molecule has 132 valence electrons. The van der Waals surface area contributed by atoms with Gasteiger partial charge in [0.1, 0.15) is 17.8 Å². The molecule has 1 unspecified atom stereocenters. The maximum absolute atomic E-state index is 9.52. The highest BCUT2D eigenvalue weighted by molar-refractivity contribution is 7.85. The minimum atomic E-state index is -3.67. The van der Waals surface area contributed by atoms with Crippen molar-refractivity contribution in [1.82, 2.24) is 0 Å². The average Bonchev–Trinajstić information content (AvgIpc) is 2.74. The van der Waals surface area contributed by atoms with E-state index in [1.54, 1.807) is 0 Å². The van der Waals surface area contributed by atoms with Crippen LogP contribution in [0.3, 0.4) is 0 Å². The second-order valence-corrected chi connectivity index (χ2v) is 8.08. The van der Waals surface area contributed by atoms with E-state index in [0.717, 1.165) is 0 Å². The number of hydrogen-bond donors (Lipinski definition) is 2. The molecule has 3 atom stereocenters. The molecule has 9 heteroatoms. The highest BCUT2D eigenvalue weighted by Gasteiger charge is 2.55. The van der Waals surface area contributed by atoms with E-state index >= 15 is 0 Å². The Morgan fingerprint density at radius 3 is 1.95 bits per heavy atom. The smallest absolute Gasteiger partial charge is 0.261 e. The molecule has 0 aromatic heterocycles. The van der Waals surface area contributed by atoms with Gasteiger partial charge in [0.15, 0.2) is 11.6 Å². The molecule has 2 fully saturated rings. The van der Waals surface area contributed by atoms with E-state index in [-0.39, 0.29) is 18.8 Å². The first-order chi connectivity index (χ1) is 9.68. The van der Waals surface area contributed by atoms with Crippen LogP contribution in [0.2, 0.25) is 0 Å². The van der Waals surface area contributed by atoms with E-state index in [4.69, 9.17) is 23.5 Å². The Bertz CT molecular complexity index is 478. The number of ether oxygens (including phenoxy) is 4. The van der Waals surface area contributed by atoms with Crippen LogP contribution in [0.5, 0.6) is 0 Å². The second kappa shape index (κ2) is 6.31. The number of rotatable bonds is 2. The van der Waals surface area contributed by atoms with Gasteiger partial charge in [-0.1, -0.05) is 0 Å². The zero-order chi connectivity index (χ0) is 17.4. The maximum Gasteiger partial charge on any atom is 0.261 e. The van der Waals surface area contributed by atoms with Crippen molar-refractivity contribution >= 4 is 10.1 Å². The first kappa shape index (κ1) is 19.8. The van der Waals surface area contributed by atoms with Crippen LogP contribution in [-0.4, -0.2) is 66.9 Å². The largest absolute Gasteiger partial charge is 0.393 e. The Labute approximate surface area is 131 Å². The summed E-state index contributed by atoms with van der Waals surface area (Å²) in [5, 5.41) is 9.52. The lowest BCUT2D eigenvalue weighted by Crippen LogP contribution is -2.48. The average molecular weight is 342 g/mol. The molecule has 2 heterocycles. The molecule has 0 bridgehead atoms. The molecular formula is C13H26O8S. The second-order valence-electron chi connectivity index (χ2n) is 6.61. The van der Waals surface area contributed by atoms with Gasteiger partial charge in [0, 0.05) is 0 Å². The van der Waals surface area contributed by atoms with Gasteiger partial charge < -0.3 is 24.1 Å². The molecule has 0 aromatic carbocycles. The maximum atomic E-state index is 9.52. The van der Waals surface area contributed by atoms with Gasteiger partial charge in [-0.05, 0) is 34.6 Å². The molecular weight excluding hydrogens is 316 g/mol. The summed E-state index contributed by atoms with van der Waals surface area (Å²) < 4.78 is 48.8. The van der Waals surface area contributed by atoms with Crippen molar-refractivity contribution in [2.75, 3.05) is 19.5 Å². The van der Waals surface area contributed by atoms with Crippen LogP contribution in [0.1, 0.15) is 34.6 Å². The van der Waals surface area contributed by atoms with Gasteiger partial charge in [-0.3, -0.25) is 4.55 Å². The lowest BCUT2D eigenvalue weighted by atomic mass is 9.96. The Balaban J connectivity index is 0.000000422. The molecule has 0 spiro atoms. The van der Waals surface area contributed by atoms with Crippen LogP contribution in [0.15, 0.2) is 0 Å². The molecule has 0 amide bonds. The summed E-state index contributed by atoms with van der Waals surface area (Å²) in [6.45, 7) is 9.58. The molecule has 22 heavy (non-hydrogen) atoms. The Kier molecular flexibility index (Phi) is 5.67. The van der Waals surface area contributed by atoms with Crippen LogP contribution in [0.4, 0.5) is 0 Å². The summed E-state index contributed by atoms with van der Waals surface area (Å²) in [4.78, 5) is 0. The minimum Gasteiger partial charge on any atom is -0.393 e. The summed E-state index contributed by atoms with van der Waals surface area (Å²) in [5.74, 6) is -1.31. The predicted octanol–water partition coefficient (Wildman–Crippen LogP) is 0.544. The number of aliphatic hydroxyl groups is 1. The molecule has 2 aliphatic rings. The summed E-state index contributed by atoms with van der Waals surface area (Å²) in [6, 6.07) is 0. The Hall–Kier alpha value is -0.290. The lowest BCUT2D eigenvalue weighted by Gasteiger charge is -2.29. The normalized spacial score (nSPS) is 36.7.